The van der Waals surface area contributed by atoms with Crippen LogP contribution in [-0.2, 0) is 0 Å². The Balaban J connectivity index is 2.21. The van der Waals surface area contributed by atoms with Crippen molar-refractivity contribution in [2.75, 3.05) is 12.4 Å². The van der Waals surface area contributed by atoms with Gasteiger partial charge < -0.3 is 5.32 Å². The molecule has 3 aromatic rings. The Morgan fingerprint density at radius 1 is 0.727 bits per heavy atom. The van der Waals surface area contributed by atoms with Crippen LogP contribution in [0.3, 0.4) is 0 Å². The predicted molar refractivity (Wildman–Crippen MR) is 99.4 cm³/mol. The van der Waals surface area contributed by atoms with Crippen molar-refractivity contribution in [2.24, 2.45) is 0 Å². The van der Waals surface area contributed by atoms with Gasteiger partial charge in [-0.15, -0.1) is 0 Å². The summed E-state index contributed by atoms with van der Waals surface area (Å²) < 4.78 is 0. The van der Waals surface area contributed by atoms with Crippen molar-refractivity contribution in [1.29, 1.82) is 0 Å². The van der Waals surface area contributed by atoms with Crippen LogP contribution >= 0.6 is 7.92 Å². The van der Waals surface area contributed by atoms with Crippen molar-refractivity contribution in [3.05, 3.63) is 84.4 Å². The molecule has 0 aliphatic rings. The Labute approximate surface area is 133 Å². The smallest absolute Gasteiger partial charge is 0.0422 e. The zero-order chi connectivity index (χ0) is 15.4. The summed E-state index contributed by atoms with van der Waals surface area (Å²) in [5.74, 6) is 0. The molecule has 0 unspecified atom stereocenters. The minimum Gasteiger partial charge on any atom is -0.388 e. The average Bonchev–Trinajstić information content (AvgIpc) is 2.57. The monoisotopic (exact) mass is 305 g/mol. The first-order chi connectivity index (χ1) is 10.8. The zero-order valence-corrected chi connectivity index (χ0v) is 13.8. The van der Waals surface area contributed by atoms with Gasteiger partial charge in [-0.05, 0) is 37.6 Å². The summed E-state index contributed by atoms with van der Waals surface area (Å²) in [4.78, 5) is 0. The lowest BCUT2D eigenvalue weighted by Gasteiger charge is -2.22. The Morgan fingerprint density at radius 2 is 1.27 bits per heavy atom. The molecular formula is C20H20NP. The highest BCUT2D eigenvalue weighted by Gasteiger charge is 2.19. The van der Waals surface area contributed by atoms with Gasteiger partial charge >= 0.3 is 0 Å². The summed E-state index contributed by atoms with van der Waals surface area (Å²) in [6.45, 7) is 2.16. The van der Waals surface area contributed by atoms with E-state index in [0.29, 0.717) is 0 Å². The minimum atomic E-state index is -0.551. The van der Waals surface area contributed by atoms with Crippen LogP contribution in [-0.4, -0.2) is 7.05 Å². The second-order valence-corrected chi connectivity index (χ2v) is 7.46. The molecule has 0 aliphatic carbocycles. The van der Waals surface area contributed by atoms with Crippen molar-refractivity contribution in [3.63, 3.8) is 0 Å². The standard InChI is InChI=1S/C20H20NP/c1-16-13-14-19(21-2)20(15-16)22(17-9-5-3-6-10-17)18-11-7-4-8-12-18/h3-15,21H,1-2H3. The van der Waals surface area contributed by atoms with E-state index in [4.69, 9.17) is 0 Å². The third kappa shape index (κ3) is 3.05. The molecule has 0 saturated carbocycles. The number of benzene rings is 3. The second-order valence-electron chi connectivity index (χ2n) is 5.28. The maximum atomic E-state index is 3.36. The van der Waals surface area contributed by atoms with E-state index in [-0.39, 0.29) is 0 Å². The molecule has 0 fully saturated rings. The van der Waals surface area contributed by atoms with Crippen molar-refractivity contribution < 1.29 is 0 Å². The number of rotatable bonds is 4. The fraction of sp³-hybridized carbons (Fsp3) is 0.100. The van der Waals surface area contributed by atoms with E-state index in [1.54, 1.807) is 0 Å². The first kappa shape index (κ1) is 14.8. The van der Waals surface area contributed by atoms with Crippen molar-refractivity contribution in [3.8, 4) is 0 Å². The Kier molecular flexibility index (Phi) is 4.56. The largest absolute Gasteiger partial charge is 0.388 e. The lowest BCUT2D eigenvalue weighted by Crippen LogP contribution is -2.22. The molecule has 0 amide bonds. The van der Waals surface area contributed by atoms with E-state index in [9.17, 15) is 0 Å². The summed E-state index contributed by atoms with van der Waals surface area (Å²) in [5.41, 5.74) is 2.51. The molecule has 0 saturated heterocycles. The molecule has 2 heteroatoms. The van der Waals surface area contributed by atoms with E-state index in [1.807, 2.05) is 7.05 Å². The maximum absolute atomic E-state index is 3.36. The number of anilines is 1. The highest BCUT2D eigenvalue weighted by molar-refractivity contribution is 7.80. The Bertz CT molecular complexity index is 699. The number of hydrogen-bond acceptors (Lipinski definition) is 1. The molecule has 0 radical (unpaired) electrons. The molecule has 0 heterocycles. The summed E-state index contributed by atoms with van der Waals surface area (Å²) in [6, 6.07) is 28.3. The van der Waals surface area contributed by atoms with Crippen LogP contribution in [0.2, 0.25) is 0 Å². The molecule has 0 spiro atoms. The molecule has 110 valence electrons. The van der Waals surface area contributed by atoms with Crippen LogP contribution in [0.5, 0.6) is 0 Å². The van der Waals surface area contributed by atoms with Crippen molar-refractivity contribution in [2.45, 2.75) is 6.92 Å². The highest BCUT2D eigenvalue weighted by atomic mass is 31.1. The van der Waals surface area contributed by atoms with Gasteiger partial charge in [0.15, 0.2) is 0 Å². The topological polar surface area (TPSA) is 12.0 Å². The molecule has 0 aromatic heterocycles. The third-order valence-corrected chi connectivity index (χ3v) is 6.17. The predicted octanol–water partition coefficient (Wildman–Crippen LogP) is 3.79. The van der Waals surface area contributed by atoms with Gasteiger partial charge in [0.2, 0.25) is 0 Å². The van der Waals surface area contributed by atoms with Gasteiger partial charge in [-0.25, -0.2) is 0 Å². The van der Waals surface area contributed by atoms with E-state index in [0.717, 1.165) is 0 Å². The van der Waals surface area contributed by atoms with Gasteiger partial charge in [0, 0.05) is 18.0 Å². The molecule has 0 atom stereocenters. The maximum Gasteiger partial charge on any atom is 0.0422 e. The summed E-state index contributed by atoms with van der Waals surface area (Å²) >= 11 is 0. The molecule has 1 N–H and O–H groups in total. The van der Waals surface area contributed by atoms with Crippen molar-refractivity contribution in [1.82, 2.24) is 0 Å². The van der Waals surface area contributed by atoms with Gasteiger partial charge in [-0.3, -0.25) is 0 Å². The van der Waals surface area contributed by atoms with Crippen LogP contribution in [0.1, 0.15) is 5.56 Å². The normalized spacial score (nSPS) is 10.7. The molecule has 1 nitrogen and oxygen atoms in total. The molecule has 22 heavy (non-hydrogen) atoms. The highest BCUT2D eigenvalue weighted by Crippen LogP contribution is 2.35. The second kappa shape index (κ2) is 6.77. The van der Waals surface area contributed by atoms with E-state index in [1.165, 1.54) is 27.2 Å². The van der Waals surface area contributed by atoms with Gasteiger partial charge in [-0.2, -0.15) is 0 Å². The van der Waals surface area contributed by atoms with Crippen LogP contribution in [0.4, 0.5) is 5.69 Å². The quantitative estimate of drug-likeness (QED) is 0.723. The fourth-order valence-electron chi connectivity index (χ4n) is 2.62. The van der Waals surface area contributed by atoms with Gasteiger partial charge in [0.25, 0.3) is 0 Å². The number of hydrogen-bond donors (Lipinski definition) is 1. The van der Waals surface area contributed by atoms with Crippen LogP contribution in [0, 0.1) is 6.92 Å². The molecule has 0 aliphatic heterocycles. The Hall–Kier alpha value is -2.11. The van der Waals surface area contributed by atoms with Gasteiger partial charge in [0.05, 0.1) is 0 Å². The van der Waals surface area contributed by atoms with E-state index < -0.39 is 7.92 Å². The summed E-state index contributed by atoms with van der Waals surface area (Å²) in [7, 11) is 1.45. The molecule has 3 aromatic carbocycles. The minimum absolute atomic E-state index is 0.551. The Morgan fingerprint density at radius 3 is 1.77 bits per heavy atom. The third-order valence-electron chi connectivity index (χ3n) is 3.69. The van der Waals surface area contributed by atoms with Gasteiger partial charge in [-0.1, -0.05) is 72.3 Å². The SMILES string of the molecule is CNc1ccc(C)cc1P(c1ccccc1)c1ccccc1. The van der Waals surface area contributed by atoms with E-state index >= 15 is 0 Å². The first-order valence-corrected chi connectivity index (χ1v) is 8.82. The fourth-order valence-corrected chi connectivity index (χ4v) is 5.17. The average molecular weight is 305 g/mol. The number of aryl methyl sites for hydroxylation is 1. The van der Waals surface area contributed by atoms with Crippen LogP contribution in [0.25, 0.3) is 0 Å². The lowest BCUT2D eigenvalue weighted by molar-refractivity contribution is 1.46. The molecule has 0 bridgehead atoms. The van der Waals surface area contributed by atoms with Crippen molar-refractivity contribution >= 4 is 29.5 Å². The molecular weight excluding hydrogens is 285 g/mol. The first-order valence-electron chi connectivity index (χ1n) is 7.48. The van der Waals surface area contributed by atoms with E-state index in [2.05, 4.69) is 91.1 Å². The lowest BCUT2D eigenvalue weighted by atomic mass is 10.2. The zero-order valence-electron chi connectivity index (χ0n) is 13.0. The molecule has 3 rings (SSSR count). The number of nitrogens with one attached hydrogen (secondary N) is 1. The van der Waals surface area contributed by atoms with Gasteiger partial charge in [0.1, 0.15) is 0 Å². The summed E-state index contributed by atoms with van der Waals surface area (Å²) in [6.07, 6.45) is 0. The van der Waals surface area contributed by atoms with Crippen LogP contribution < -0.4 is 21.2 Å². The summed E-state index contributed by atoms with van der Waals surface area (Å²) in [5, 5.41) is 7.50. The van der Waals surface area contributed by atoms with Crippen LogP contribution in [0.15, 0.2) is 78.9 Å².